The maximum Gasteiger partial charge on any atom is 0.153 e. The van der Waals surface area contributed by atoms with Gasteiger partial charge < -0.3 is 20.4 Å². The summed E-state index contributed by atoms with van der Waals surface area (Å²) in [6.07, 6.45) is 3.10. The van der Waals surface area contributed by atoms with E-state index in [0.717, 1.165) is 61.0 Å². The van der Waals surface area contributed by atoms with Crippen LogP contribution in [-0.2, 0) is 6.42 Å². The van der Waals surface area contributed by atoms with Crippen LogP contribution in [0.5, 0.6) is 0 Å². The lowest BCUT2D eigenvalue weighted by Gasteiger charge is -2.31. The quantitative estimate of drug-likeness (QED) is 0.614. The van der Waals surface area contributed by atoms with Crippen LogP contribution in [0.3, 0.4) is 0 Å². The standard InChI is InChI=1S/C24H29FN6S/c1-4-20-23(29(3)24-28-21(15-32-24)17-5-7-18(25)8-6-17)31-14-19(13-16(2)22(31)27-20)30-11-9-26-10-12-30/h5-8,13-15,24,26,28H,4,9-12H2,1-3H3. The third-order valence-electron chi connectivity index (χ3n) is 6.19. The average molecular weight is 453 g/mol. The minimum absolute atomic E-state index is 0.0309. The van der Waals surface area contributed by atoms with Crippen molar-refractivity contribution >= 4 is 34.6 Å². The number of benzene rings is 1. The highest BCUT2D eigenvalue weighted by Gasteiger charge is 2.27. The number of nitrogens with zero attached hydrogens (tertiary/aromatic N) is 4. The Bertz CT molecular complexity index is 1150. The van der Waals surface area contributed by atoms with Gasteiger partial charge in [-0.05, 0) is 60.2 Å². The van der Waals surface area contributed by atoms with Gasteiger partial charge in [0.2, 0.25) is 0 Å². The zero-order chi connectivity index (χ0) is 22.2. The van der Waals surface area contributed by atoms with Gasteiger partial charge in [-0.2, -0.15) is 0 Å². The Balaban J connectivity index is 1.47. The van der Waals surface area contributed by atoms with Crippen LogP contribution >= 0.6 is 11.8 Å². The van der Waals surface area contributed by atoms with Crippen LogP contribution in [0.4, 0.5) is 15.9 Å². The van der Waals surface area contributed by atoms with Crippen molar-refractivity contribution in [2.24, 2.45) is 0 Å². The molecule has 0 aliphatic carbocycles. The smallest absolute Gasteiger partial charge is 0.153 e. The summed E-state index contributed by atoms with van der Waals surface area (Å²) in [5, 5.41) is 9.13. The van der Waals surface area contributed by atoms with Crippen molar-refractivity contribution < 1.29 is 4.39 Å². The maximum atomic E-state index is 13.3. The molecule has 1 aromatic carbocycles. The molecule has 1 fully saturated rings. The zero-order valence-corrected chi connectivity index (χ0v) is 19.5. The lowest BCUT2D eigenvalue weighted by Crippen LogP contribution is -2.43. The number of nitrogens with one attached hydrogen (secondary N) is 2. The molecular formula is C24H29FN6S. The number of piperazine rings is 1. The van der Waals surface area contributed by atoms with Gasteiger partial charge >= 0.3 is 0 Å². The van der Waals surface area contributed by atoms with Crippen molar-refractivity contribution in [1.82, 2.24) is 20.0 Å². The number of aryl methyl sites for hydroxylation is 2. The fraction of sp³-hybridized carbons (Fsp3) is 0.375. The molecule has 2 aliphatic heterocycles. The second kappa shape index (κ2) is 8.67. The maximum absolute atomic E-state index is 13.3. The third kappa shape index (κ3) is 3.82. The molecule has 4 heterocycles. The van der Waals surface area contributed by atoms with Crippen molar-refractivity contribution in [2.75, 3.05) is 43.0 Å². The molecule has 32 heavy (non-hydrogen) atoms. The van der Waals surface area contributed by atoms with Gasteiger partial charge in [0.15, 0.2) is 5.50 Å². The molecule has 2 aliphatic rings. The number of hydrogen-bond acceptors (Lipinski definition) is 6. The van der Waals surface area contributed by atoms with Crippen molar-refractivity contribution in [3.8, 4) is 0 Å². The van der Waals surface area contributed by atoms with Crippen molar-refractivity contribution in [3.63, 3.8) is 0 Å². The summed E-state index contributed by atoms with van der Waals surface area (Å²) in [6.45, 7) is 8.34. The first-order valence-corrected chi connectivity index (χ1v) is 12.1. The van der Waals surface area contributed by atoms with Crippen molar-refractivity contribution in [3.05, 3.63) is 64.6 Å². The molecule has 0 saturated carbocycles. The number of rotatable bonds is 5. The van der Waals surface area contributed by atoms with Gasteiger partial charge in [0.25, 0.3) is 0 Å². The minimum Gasteiger partial charge on any atom is -0.368 e. The van der Waals surface area contributed by atoms with Crippen LogP contribution in [0.25, 0.3) is 11.3 Å². The fourth-order valence-electron chi connectivity index (χ4n) is 4.45. The molecule has 6 nitrogen and oxygen atoms in total. The van der Waals surface area contributed by atoms with Gasteiger partial charge in [0.1, 0.15) is 17.3 Å². The topological polar surface area (TPSA) is 47.8 Å². The largest absolute Gasteiger partial charge is 0.368 e. The summed E-state index contributed by atoms with van der Waals surface area (Å²) in [6, 6.07) is 8.88. The molecule has 5 rings (SSSR count). The van der Waals surface area contributed by atoms with E-state index in [9.17, 15) is 4.39 Å². The number of hydrogen-bond donors (Lipinski definition) is 2. The number of pyridine rings is 1. The van der Waals surface area contributed by atoms with E-state index in [1.807, 2.05) is 12.1 Å². The summed E-state index contributed by atoms with van der Waals surface area (Å²) in [4.78, 5) is 9.69. The van der Waals surface area contributed by atoms with E-state index in [1.54, 1.807) is 11.8 Å². The Morgan fingerprint density at radius 3 is 2.69 bits per heavy atom. The van der Waals surface area contributed by atoms with E-state index in [0.29, 0.717) is 0 Å². The summed E-state index contributed by atoms with van der Waals surface area (Å²) >= 11 is 1.72. The van der Waals surface area contributed by atoms with Crippen LogP contribution in [0.2, 0.25) is 0 Å². The van der Waals surface area contributed by atoms with E-state index in [1.165, 1.54) is 23.4 Å². The number of thioether (sulfide) groups is 1. The number of halogens is 1. The van der Waals surface area contributed by atoms with Crippen LogP contribution < -0.4 is 20.4 Å². The number of fused-ring (bicyclic) bond motifs is 1. The second-order valence-corrected chi connectivity index (χ2v) is 9.28. The normalized spacial score (nSPS) is 18.7. The number of aromatic nitrogens is 2. The van der Waals surface area contributed by atoms with Gasteiger partial charge in [0.05, 0.1) is 17.1 Å². The van der Waals surface area contributed by atoms with E-state index >= 15 is 0 Å². The lowest BCUT2D eigenvalue weighted by molar-refractivity contribution is 0.588. The SMILES string of the molecule is CCc1nc2c(C)cc(N3CCNCC3)cn2c1N(C)C1NC(c2ccc(F)cc2)=CS1. The molecular weight excluding hydrogens is 423 g/mol. The number of imidazole rings is 1. The molecule has 3 aromatic rings. The van der Waals surface area contributed by atoms with Crippen LogP contribution in [0.15, 0.2) is 41.9 Å². The Labute approximate surface area is 192 Å². The molecule has 2 aromatic heterocycles. The summed E-state index contributed by atoms with van der Waals surface area (Å²) in [7, 11) is 2.11. The Hall–Kier alpha value is -2.71. The first-order valence-electron chi connectivity index (χ1n) is 11.1. The van der Waals surface area contributed by atoms with Gasteiger partial charge in [-0.3, -0.25) is 4.40 Å². The molecule has 168 valence electrons. The van der Waals surface area contributed by atoms with E-state index < -0.39 is 0 Å². The first-order chi connectivity index (χ1) is 15.5. The molecule has 2 N–H and O–H groups in total. The van der Waals surface area contributed by atoms with Gasteiger partial charge in [-0.1, -0.05) is 18.7 Å². The predicted octanol–water partition coefficient (Wildman–Crippen LogP) is 3.81. The van der Waals surface area contributed by atoms with Crippen LogP contribution in [0.1, 0.15) is 23.7 Å². The first kappa shape index (κ1) is 21.2. The van der Waals surface area contributed by atoms with Crippen molar-refractivity contribution in [2.45, 2.75) is 25.8 Å². The minimum atomic E-state index is -0.220. The molecule has 0 spiro atoms. The fourth-order valence-corrected chi connectivity index (χ4v) is 5.39. The summed E-state index contributed by atoms with van der Waals surface area (Å²) in [5.41, 5.74) is 6.55. The van der Waals surface area contributed by atoms with E-state index in [2.05, 4.69) is 63.4 Å². The predicted molar refractivity (Wildman–Crippen MR) is 132 cm³/mol. The highest BCUT2D eigenvalue weighted by molar-refractivity contribution is 8.03. The summed E-state index contributed by atoms with van der Waals surface area (Å²) < 4.78 is 15.6. The molecule has 0 amide bonds. The van der Waals surface area contributed by atoms with Gasteiger partial charge in [-0.25, -0.2) is 9.37 Å². The highest BCUT2D eigenvalue weighted by atomic mass is 32.2. The zero-order valence-electron chi connectivity index (χ0n) is 18.7. The second-order valence-electron chi connectivity index (χ2n) is 8.33. The Kier molecular flexibility index (Phi) is 5.73. The summed E-state index contributed by atoms with van der Waals surface area (Å²) in [5.74, 6) is 0.893. The van der Waals surface area contributed by atoms with Crippen LogP contribution in [-0.4, -0.2) is 48.1 Å². The third-order valence-corrected chi connectivity index (χ3v) is 7.25. The molecule has 1 atom stereocenters. The molecule has 0 radical (unpaired) electrons. The number of anilines is 2. The Morgan fingerprint density at radius 1 is 1.22 bits per heavy atom. The van der Waals surface area contributed by atoms with Gasteiger partial charge in [0, 0.05) is 39.4 Å². The Morgan fingerprint density at radius 2 is 1.97 bits per heavy atom. The monoisotopic (exact) mass is 452 g/mol. The molecule has 1 saturated heterocycles. The van der Waals surface area contributed by atoms with E-state index in [4.69, 9.17) is 4.98 Å². The average Bonchev–Trinajstić information content (AvgIpc) is 3.45. The van der Waals surface area contributed by atoms with Gasteiger partial charge in [-0.15, -0.1) is 0 Å². The van der Waals surface area contributed by atoms with Crippen molar-refractivity contribution in [1.29, 1.82) is 0 Å². The molecule has 0 bridgehead atoms. The highest BCUT2D eigenvalue weighted by Crippen LogP contribution is 2.34. The molecule has 8 heteroatoms. The van der Waals surface area contributed by atoms with Crippen LogP contribution in [0, 0.1) is 12.7 Å². The lowest BCUT2D eigenvalue weighted by atomic mass is 10.2. The van der Waals surface area contributed by atoms with E-state index in [-0.39, 0.29) is 11.3 Å². The molecule has 1 unspecified atom stereocenters.